The van der Waals surface area contributed by atoms with Gasteiger partial charge in [-0.2, -0.15) is 0 Å². The van der Waals surface area contributed by atoms with Crippen molar-refractivity contribution in [1.29, 1.82) is 0 Å². The van der Waals surface area contributed by atoms with Crippen molar-refractivity contribution in [3.05, 3.63) is 29.8 Å². The van der Waals surface area contributed by atoms with E-state index < -0.39 is 0 Å². The van der Waals surface area contributed by atoms with Crippen LogP contribution in [0.25, 0.3) is 0 Å². The molecule has 1 aliphatic heterocycles. The van der Waals surface area contributed by atoms with Gasteiger partial charge in [-0.25, -0.2) is 0 Å². The normalized spacial score (nSPS) is 15.9. The number of hydrogen-bond acceptors (Lipinski definition) is 3. The predicted octanol–water partition coefficient (Wildman–Crippen LogP) is 1.76. The Balaban J connectivity index is 1.87. The lowest BCUT2D eigenvalue weighted by Gasteiger charge is -2.31. The molecule has 1 aromatic carbocycles. The highest BCUT2D eigenvalue weighted by molar-refractivity contribution is 7.80. The highest BCUT2D eigenvalue weighted by atomic mass is 32.1. The van der Waals surface area contributed by atoms with Crippen molar-refractivity contribution in [1.82, 2.24) is 4.90 Å². The van der Waals surface area contributed by atoms with E-state index in [4.69, 9.17) is 22.7 Å². The van der Waals surface area contributed by atoms with Crippen LogP contribution >= 0.6 is 12.2 Å². The largest absolute Gasteiger partial charge is 0.497 e. The molecule has 2 N–H and O–H groups in total. The summed E-state index contributed by atoms with van der Waals surface area (Å²) in [6.07, 6.45) is 2.19. The van der Waals surface area contributed by atoms with Crippen molar-refractivity contribution >= 4 is 23.1 Å². The monoisotopic (exact) mass is 292 g/mol. The molecule has 0 saturated carbocycles. The average Bonchev–Trinajstić information content (AvgIpc) is 2.48. The second-order valence-corrected chi connectivity index (χ2v) is 5.55. The maximum Gasteiger partial charge on any atom is 0.226 e. The zero-order valence-electron chi connectivity index (χ0n) is 11.7. The van der Waals surface area contributed by atoms with Gasteiger partial charge in [-0.15, -0.1) is 0 Å². The number of rotatable bonds is 4. The molecule has 1 aliphatic rings. The van der Waals surface area contributed by atoms with Crippen LogP contribution in [0.15, 0.2) is 24.3 Å². The van der Waals surface area contributed by atoms with Crippen LogP contribution in [0.4, 0.5) is 0 Å². The van der Waals surface area contributed by atoms with Gasteiger partial charge in [0.15, 0.2) is 0 Å². The Hall–Kier alpha value is -1.62. The first kappa shape index (κ1) is 14.8. The number of ether oxygens (including phenoxy) is 1. The fourth-order valence-corrected chi connectivity index (χ4v) is 2.68. The minimum Gasteiger partial charge on any atom is -0.497 e. The van der Waals surface area contributed by atoms with Crippen molar-refractivity contribution in [3.63, 3.8) is 0 Å². The molecule has 4 nitrogen and oxygen atoms in total. The van der Waals surface area contributed by atoms with Gasteiger partial charge in [-0.1, -0.05) is 24.4 Å². The summed E-state index contributed by atoms with van der Waals surface area (Å²) in [5.41, 5.74) is 6.66. The first-order valence-corrected chi connectivity index (χ1v) is 7.21. The van der Waals surface area contributed by atoms with E-state index in [1.165, 1.54) is 0 Å². The molecule has 108 valence electrons. The maximum atomic E-state index is 12.2. The molecular formula is C15H20N2O2S. The number of carbonyl (C=O) groups is 1. The van der Waals surface area contributed by atoms with Gasteiger partial charge in [0.05, 0.1) is 18.5 Å². The lowest BCUT2D eigenvalue weighted by Crippen LogP contribution is -2.41. The lowest BCUT2D eigenvalue weighted by atomic mass is 9.96. The van der Waals surface area contributed by atoms with Crippen LogP contribution < -0.4 is 10.5 Å². The van der Waals surface area contributed by atoms with Crippen LogP contribution in [0, 0.1) is 5.92 Å². The molecule has 5 heteroatoms. The van der Waals surface area contributed by atoms with Gasteiger partial charge in [0.2, 0.25) is 5.91 Å². The Bertz CT molecular complexity index is 479. The molecule has 0 unspecified atom stereocenters. The standard InChI is InChI=1S/C15H20N2O2S/c1-19-13-4-2-11(3-5-13)10-14(18)17-8-6-12(7-9-17)15(16)20/h2-5,12H,6-10H2,1H3,(H2,16,20). The first-order valence-electron chi connectivity index (χ1n) is 6.80. The SMILES string of the molecule is COc1ccc(CC(=O)N2CCC(C(N)=S)CC2)cc1. The van der Waals surface area contributed by atoms with E-state index in [1.54, 1.807) is 7.11 Å². The smallest absolute Gasteiger partial charge is 0.226 e. The summed E-state index contributed by atoms with van der Waals surface area (Å²) in [5.74, 6) is 1.25. The van der Waals surface area contributed by atoms with Gasteiger partial charge in [0.25, 0.3) is 0 Å². The highest BCUT2D eigenvalue weighted by Crippen LogP contribution is 2.19. The molecular weight excluding hydrogens is 272 g/mol. The molecule has 1 saturated heterocycles. The van der Waals surface area contributed by atoms with Gasteiger partial charge in [-0.3, -0.25) is 4.79 Å². The Morgan fingerprint density at radius 2 is 1.95 bits per heavy atom. The maximum absolute atomic E-state index is 12.2. The number of carbonyl (C=O) groups excluding carboxylic acids is 1. The highest BCUT2D eigenvalue weighted by Gasteiger charge is 2.24. The molecule has 0 bridgehead atoms. The third-order valence-corrected chi connectivity index (χ3v) is 4.10. The quantitative estimate of drug-likeness (QED) is 0.859. The molecule has 1 fully saturated rings. The molecule has 1 heterocycles. The lowest BCUT2D eigenvalue weighted by molar-refractivity contribution is -0.131. The van der Waals surface area contributed by atoms with E-state index in [-0.39, 0.29) is 11.8 Å². The fourth-order valence-electron chi connectivity index (χ4n) is 2.44. The zero-order valence-corrected chi connectivity index (χ0v) is 12.5. The van der Waals surface area contributed by atoms with Crippen LogP contribution in [0.5, 0.6) is 5.75 Å². The molecule has 2 rings (SSSR count). The molecule has 1 aromatic rings. The van der Waals surface area contributed by atoms with Gasteiger partial charge in [-0.05, 0) is 30.5 Å². The Labute approximate surface area is 124 Å². The number of thiocarbonyl (C=S) groups is 1. The van der Waals surface area contributed by atoms with Crippen LogP contribution in [-0.4, -0.2) is 36.0 Å². The van der Waals surface area contributed by atoms with Gasteiger partial charge >= 0.3 is 0 Å². The van der Waals surface area contributed by atoms with Crippen LogP contribution in [-0.2, 0) is 11.2 Å². The molecule has 1 amide bonds. The second kappa shape index (κ2) is 6.70. The van der Waals surface area contributed by atoms with E-state index in [0.29, 0.717) is 11.4 Å². The summed E-state index contributed by atoms with van der Waals surface area (Å²) in [5, 5.41) is 0. The number of piperidine rings is 1. The van der Waals surface area contributed by atoms with Gasteiger partial charge in [0.1, 0.15) is 5.75 Å². The predicted molar refractivity (Wildman–Crippen MR) is 82.8 cm³/mol. The summed E-state index contributed by atoms with van der Waals surface area (Å²) < 4.78 is 5.11. The number of hydrogen-bond donors (Lipinski definition) is 1. The van der Waals surface area contributed by atoms with Crippen molar-refractivity contribution in [2.24, 2.45) is 11.7 Å². The molecule has 0 atom stereocenters. The van der Waals surface area contributed by atoms with Crippen molar-refractivity contribution in [2.45, 2.75) is 19.3 Å². The second-order valence-electron chi connectivity index (χ2n) is 5.08. The van der Waals surface area contributed by atoms with Gasteiger partial charge in [0, 0.05) is 19.0 Å². The Kier molecular flexibility index (Phi) is 4.95. The molecule has 0 aliphatic carbocycles. The van der Waals surface area contributed by atoms with Crippen LogP contribution in [0.2, 0.25) is 0 Å². The van der Waals surface area contributed by atoms with E-state index in [0.717, 1.165) is 37.2 Å². The van der Waals surface area contributed by atoms with E-state index in [1.807, 2.05) is 29.2 Å². The van der Waals surface area contributed by atoms with E-state index in [2.05, 4.69) is 0 Å². The van der Waals surface area contributed by atoms with Crippen LogP contribution in [0.3, 0.4) is 0 Å². The van der Waals surface area contributed by atoms with Gasteiger partial charge < -0.3 is 15.4 Å². The fraction of sp³-hybridized carbons (Fsp3) is 0.467. The molecule has 0 aromatic heterocycles. The van der Waals surface area contributed by atoms with Crippen LogP contribution in [0.1, 0.15) is 18.4 Å². The summed E-state index contributed by atoms with van der Waals surface area (Å²) in [4.78, 5) is 14.7. The minimum absolute atomic E-state index is 0.163. The minimum atomic E-state index is 0.163. The Morgan fingerprint density at radius 3 is 2.45 bits per heavy atom. The first-order chi connectivity index (χ1) is 9.60. The summed E-state index contributed by atoms with van der Waals surface area (Å²) in [6, 6.07) is 7.61. The number of nitrogens with zero attached hydrogens (tertiary/aromatic N) is 1. The average molecular weight is 292 g/mol. The third kappa shape index (κ3) is 3.70. The number of benzene rings is 1. The molecule has 20 heavy (non-hydrogen) atoms. The summed E-state index contributed by atoms with van der Waals surface area (Å²) >= 11 is 5.01. The molecule has 0 spiro atoms. The van der Waals surface area contributed by atoms with Crippen molar-refractivity contribution < 1.29 is 9.53 Å². The topological polar surface area (TPSA) is 55.6 Å². The Morgan fingerprint density at radius 1 is 1.35 bits per heavy atom. The number of amides is 1. The van der Waals surface area contributed by atoms with Crippen molar-refractivity contribution in [2.75, 3.05) is 20.2 Å². The third-order valence-electron chi connectivity index (χ3n) is 3.76. The number of methoxy groups -OCH3 is 1. The summed E-state index contributed by atoms with van der Waals surface area (Å²) in [6.45, 7) is 1.49. The van der Waals surface area contributed by atoms with E-state index in [9.17, 15) is 4.79 Å². The number of nitrogens with two attached hydrogens (primary N) is 1. The van der Waals surface area contributed by atoms with E-state index >= 15 is 0 Å². The van der Waals surface area contributed by atoms with Crippen molar-refractivity contribution in [3.8, 4) is 5.75 Å². The number of likely N-dealkylation sites (tertiary alicyclic amines) is 1. The zero-order chi connectivity index (χ0) is 14.5. The molecule has 0 radical (unpaired) electrons. The summed E-state index contributed by atoms with van der Waals surface area (Å²) in [7, 11) is 1.63.